The van der Waals surface area contributed by atoms with Crippen molar-refractivity contribution in [1.29, 1.82) is 0 Å². The Kier molecular flexibility index (Phi) is 3.66. The molecule has 0 aliphatic rings. The van der Waals surface area contributed by atoms with E-state index in [1.54, 1.807) is 0 Å². The zero-order valence-corrected chi connectivity index (χ0v) is 10.8. The number of nitrogens with one attached hydrogen (secondary N) is 1. The van der Waals surface area contributed by atoms with Gasteiger partial charge in [-0.05, 0) is 30.3 Å². The van der Waals surface area contributed by atoms with Gasteiger partial charge in [0.05, 0.1) is 11.3 Å². The minimum absolute atomic E-state index is 0.224. The third-order valence-corrected chi connectivity index (χ3v) is 3.82. The number of rotatable bonds is 4. The van der Waals surface area contributed by atoms with E-state index >= 15 is 0 Å². The maximum Gasteiger partial charge on any atom is 0.335 e. The Morgan fingerprint density at radius 2 is 1.85 bits per heavy atom. The summed E-state index contributed by atoms with van der Waals surface area (Å²) < 4.78 is 39.9. The highest BCUT2D eigenvalue weighted by Crippen LogP contribution is 2.19. The first-order valence-electron chi connectivity index (χ1n) is 5.36. The Bertz CT molecular complexity index is 747. The van der Waals surface area contributed by atoms with E-state index in [-0.39, 0.29) is 11.3 Å². The van der Waals surface area contributed by atoms with Crippen LogP contribution >= 0.6 is 0 Å². The Morgan fingerprint density at radius 1 is 1.20 bits per heavy atom. The van der Waals surface area contributed by atoms with Crippen molar-refractivity contribution in [1.82, 2.24) is 4.98 Å². The number of hydrogen-bond donors (Lipinski definition) is 2. The van der Waals surface area contributed by atoms with Crippen LogP contribution in [0.4, 0.5) is 10.1 Å². The van der Waals surface area contributed by atoms with E-state index in [9.17, 15) is 17.6 Å². The van der Waals surface area contributed by atoms with Gasteiger partial charge in [-0.1, -0.05) is 0 Å². The summed E-state index contributed by atoms with van der Waals surface area (Å²) in [5.41, 5.74) is -0.105. The molecule has 20 heavy (non-hydrogen) atoms. The molecule has 0 radical (unpaired) electrons. The average Bonchev–Trinajstić information content (AvgIpc) is 2.38. The van der Waals surface area contributed by atoms with Gasteiger partial charge in [0.25, 0.3) is 10.0 Å². The van der Waals surface area contributed by atoms with Crippen LogP contribution in [0.1, 0.15) is 10.4 Å². The predicted octanol–water partition coefficient (Wildman–Crippen LogP) is 1.72. The number of pyridine rings is 1. The Labute approximate surface area is 114 Å². The first kappa shape index (κ1) is 13.9. The highest BCUT2D eigenvalue weighted by Gasteiger charge is 2.20. The molecule has 0 amide bonds. The van der Waals surface area contributed by atoms with Crippen molar-refractivity contribution in [2.45, 2.75) is 4.90 Å². The minimum Gasteiger partial charge on any atom is -0.478 e. The first-order valence-corrected chi connectivity index (χ1v) is 6.84. The molecule has 0 atom stereocenters. The Balaban J connectivity index is 2.37. The van der Waals surface area contributed by atoms with Crippen LogP contribution in [0, 0.1) is 5.82 Å². The van der Waals surface area contributed by atoms with E-state index in [1.165, 1.54) is 24.5 Å². The van der Waals surface area contributed by atoms with Crippen molar-refractivity contribution in [2.24, 2.45) is 0 Å². The summed E-state index contributed by atoms with van der Waals surface area (Å²) in [5.74, 6) is -2.47. The number of halogens is 1. The maximum atomic E-state index is 13.7. The third-order valence-electron chi connectivity index (χ3n) is 2.40. The predicted molar refractivity (Wildman–Crippen MR) is 68.4 cm³/mol. The number of carbonyl (C=O) groups is 1. The van der Waals surface area contributed by atoms with E-state index < -0.39 is 26.7 Å². The van der Waals surface area contributed by atoms with Gasteiger partial charge in [-0.2, -0.15) is 0 Å². The van der Waals surface area contributed by atoms with Gasteiger partial charge in [-0.3, -0.25) is 9.71 Å². The van der Waals surface area contributed by atoms with Crippen LogP contribution in [0.3, 0.4) is 0 Å². The Morgan fingerprint density at radius 3 is 2.40 bits per heavy atom. The number of sulfonamides is 1. The van der Waals surface area contributed by atoms with Crippen LogP contribution in [-0.2, 0) is 10.0 Å². The summed E-state index contributed by atoms with van der Waals surface area (Å²) in [6, 6.07) is 5.39. The quantitative estimate of drug-likeness (QED) is 0.895. The van der Waals surface area contributed by atoms with Gasteiger partial charge in [0.2, 0.25) is 0 Å². The number of benzene rings is 1. The van der Waals surface area contributed by atoms with E-state index in [4.69, 9.17) is 5.11 Å². The first-order chi connectivity index (χ1) is 9.40. The van der Waals surface area contributed by atoms with Crippen molar-refractivity contribution < 1.29 is 22.7 Å². The van der Waals surface area contributed by atoms with Crippen molar-refractivity contribution in [3.8, 4) is 0 Å². The fourth-order valence-corrected chi connectivity index (χ4v) is 2.60. The molecule has 104 valence electrons. The van der Waals surface area contributed by atoms with Gasteiger partial charge >= 0.3 is 5.97 Å². The molecule has 1 heterocycles. The smallest absolute Gasteiger partial charge is 0.335 e. The third kappa shape index (κ3) is 2.91. The number of hydrogen-bond acceptors (Lipinski definition) is 4. The molecule has 2 aromatic rings. The molecule has 0 unspecified atom stereocenters. The molecular weight excluding hydrogens is 287 g/mol. The second-order valence-corrected chi connectivity index (χ2v) is 5.44. The van der Waals surface area contributed by atoms with Crippen LogP contribution < -0.4 is 4.72 Å². The second-order valence-electron chi connectivity index (χ2n) is 3.79. The minimum atomic E-state index is -4.13. The summed E-state index contributed by atoms with van der Waals surface area (Å²) in [5, 5.41) is 8.70. The average molecular weight is 296 g/mol. The summed E-state index contributed by atoms with van der Waals surface area (Å²) in [7, 11) is -4.13. The van der Waals surface area contributed by atoms with Gasteiger partial charge in [0.15, 0.2) is 0 Å². The number of anilines is 1. The van der Waals surface area contributed by atoms with Crippen LogP contribution in [-0.4, -0.2) is 24.5 Å². The zero-order chi connectivity index (χ0) is 14.8. The molecular formula is C12H9FN2O4S. The lowest BCUT2D eigenvalue weighted by Gasteiger charge is -2.08. The molecule has 0 fully saturated rings. The molecule has 0 saturated heterocycles. The standard InChI is InChI=1S/C12H9FN2O4S/c13-10-7-8(12(16)17)1-2-11(10)20(18,19)15-9-3-5-14-6-4-9/h1-7H,(H,14,15)(H,16,17). The zero-order valence-electron chi connectivity index (χ0n) is 9.95. The van der Waals surface area contributed by atoms with Crippen molar-refractivity contribution in [3.05, 3.63) is 54.1 Å². The van der Waals surface area contributed by atoms with Gasteiger partial charge in [0.1, 0.15) is 10.7 Å². The molecule has 8 heteroatoms. The SMILES string of the molecule is O=C(O)c1ccc(S(=O)(=O)Nc2ccncc2)c(F)c1. The molecule has 2 rings (SSSR count). The lowest BCUT2D eigenvalue weighted by molar-refractivity contribution is 0.0696. The lowest BCUT2D eigenvalue weighted by Crippen LogP contribution is -2.15. The molecule has 1 aromatic heterocycles. The molecule has 0 aliphatic heterocycles. The van der Waals surface area contributed by atoms with Gasteiger partial charge in [0, 0.05) is 12.4 Å². The van der Waals surface area contributed by atoms with E-state index in [0.717, 1.165) is 12.1 Å². The van der Waals surface area contributed by atoms with Crippen LogP contribution in [0.15, 0.2) is 47.6 Å². The lowest BCUT2D eigenvalue weighted by atomic mass is 10.2. The molecule has 6 nitrogen and oxygen atoms in total. The van der Waals surface area contributed by atoms with Crippen LogP contribution in [0.2, 0.25) is 0 Å². The highest BCUT2D eigenvalue weighted by atomic mass is 32.2. The molecule has 2 N–H and O–H groups in total. The number of aromatic nitrogens is 1. The van der Waals surface area contributed by atoms with Crippen LogP contribution in [0.5, 0.6) is 0 Å². The number of nitrogens with zero attached hydrogens (tertiary/aromatic N) is 1. The van der Waals surface area contributed by atoms with Gasteiger partial charge in [-0.15, -0.1) is 0 Å². The van der Waals surface area contributed by atoms with Crippen LogP contribution in [0.25, 0.3) is 0 Å². The van der Waals surface area contributed by atoms with E-state index in [0.29, 0.717) is 6.07 Å². The van der Waals surface area contributed by atoms with Crippen molar-refractivity contribution >= 4 is 21.7 Å². The fourth-order valence-electron chi connectivity index (χ4n) is 1.48. The molecule has 0 saturated carbocycles. The highest BCUT2D eigenvalue weighted by molar-refractivity contribution is 7.92. The van der Waals surface area contributed by atoms with Gasteiger partial charge < -0.3 is 5.11 Å². The van der Waals surface area contributed by atoms with E-state index in [1.807, 2.05) is 0 Å². The molecule has 1 aromatic carbocycles. The van der Waals surface area contributed by atoms with E-state index in [2.05, 4.69) is 9.71 Å². The number of carboxylic acids is 1. The monoisotopic (exact) mass is 296 g/mol. The fraction of sp³-hybridized carbons (Fsp3) is 0. The Hall–Kier alpha value is -2.48. The number of carboxylic acid groups (broad SMARTS) is 1. The van der Waals surface area contributed by atoms with Crippen molar-refractivity contribution in [2.75, 3.05) is 4.72 Å². The summed E-state index contributed by atoms with van der Waals surface area (Å²) >= 11 is 0. The number of aromatic carboxylic acids is 1. The second kappa shape index (κ2) is 5.25. The van der Waals surface area contributed by atoms with Crippen molar-refractivity contribution in [3.63, 3.8) is 0 Å². The summed E-state index contributed by atoms with van der Waals surface area (Å²) in [6.07, 6.45) is 2.75. The normalized spacial score (nSPS) is 11.1. The summed E-state index contributed by atoms with van der Waals surface area (Å²) in [4.78, 5) is 13.8. The largest absolute Gasteiger partial charge is 0.478 e. The topological polar surface area (TPSA) is 96.4 Å². The summed E-state index contributed by atoms with van der Waals surface area (Å²) in [6.45, 7) is 0. The molecule has 0 aliphatic carbocycles. The molecule has 0 spiro atoms. The van der Waals surface area contributed by atoms with Gasteiger partial charge in [-0.25, -0.2) is 17.6 Å². The molecule has 0 bridgehead atoms. The maximum absolute atomic E-state index is 13.7.